The predicted molar refractivity (Wildman–Crippen MR) is 90.5 cm³/mol. The Bertz CT molecular complexity index is 729. The number of benzene rings is 1. The molecule has 8 heteroatoms. The van der Waals surface area contributed by atoms with E-state index in [9.17, 15) is 9.59 Å². The van der Waals surface area contributed by atoms with E-state index in [4.69, 9.17) is 17.3 Å². The molecule has 1 heterocycles. The molecule has 0 aliphatic heterocycles. The molecule has 2 aromatic rings. The van der Waals surface area contributed by atoms with E-state index in [0.29, 0.717) is 18.0 Å². The van der Waals surface area contributed by atoms with E-state index in [2.05, 4.69) is 15.6 Å². The van der Waals surface area contributed by atoms with Crippen molar-refractivity contribution >= 4 is 23.4 Å². The minimum atomic E-state index is -0.730. The van der Waals surface area contributed by atoms with Gasteiger partial charge in [-0.1, -0.05) is 48.9 Å². The van der Waals surface area contributed by atoms with Crippen LogP contribution in [0, 0.1) is 5.92 Å². The van der Waals surface area contributed by atoms with Gasteiger partial charge in [0.2, 0.25) is 5.91 Å². The van der Waals surface area contributed by atoms with Crippen LogP contribution in [0.2, 0.25) is 5.02 Å². The zero-order valence-electron chi connectivity index (χ0n) is 13.6. The zero-order chi connectivity index (χ0) is 17.7. The fourth-order valence-corrected chi connectivity index (χ4v) is 2.43. The van der Waals surface area contributed by atoms with Gasteiger partial charge >= 0.3 is 0 Å². The molecule has 0 unspecified atom stereocenters. The Morgan fingerprint density at radius 1 is 1.33 bits per heavy atom. The number of amides is 2. The van der Waals surface area contributed by atoms with E-state index in [0.717, 1.165) is 5.56 Å². The van der Waals surface area contributed by atoms with E-state index < -0.39 is 17.9 Å². The number of aromatic nitrogens is 3. The highest BCUT2D eigenvalue weighted by atomic mass is 35.5. The highest BCUT2D eigenvalue weighted by Crippen LogP contribution is 2.15. The van der Waals surface area contributed by atoms with E-state index in [1.54, 1.807) is 6.07 Å². The molecule has 1 atom stereocenters. The van der Waals surface area contributed by atoms with Crippen molar-refractivity contribution in [1.29, 1.82) is 0 Å². The van der Waals surface area contributed by atoms with E-state index in [1.165, 1.54) is 10.9 Å². The van der Waals surface area contributed by atoms with Crippen LogP contribution in [-0.2, 0) is 11.3 Å². The number of primary amides is 1. The van der Waals surface area contributed by atoms with Crippen molar-refractivity contribution in [3.05, 3.63) is 46.7 Å². The van der Waals surface area contributed by atoms with Crippen LogP contribution in [0.5, 0.6) is 0 Å². The Hall–Kier alpha value is -2.41. The molecule has 2 rings (SSSR count). The molecular formula is C16H20ClN5O2. The van der Waals surface area contributed by atoms with Crippen LogP contribution < -0.4 is 11.1 Å². The molecule has 0 fully saturated rings. The maximum absolute atomic E-state index is 12.2. The summed E-state index contributed by atoms with van der Waals surface area (Å²) in [6, 6.07) is 6.63. The molecule has 1 aromatic carbocycles. The Balaban J connectivity index is 2.05. The van der Waals surface area contributed by atoms with Crippen LogP contribution >= 0.6 is 11.6 Å². The first kappa shape index (κ1) is 17.9. The molecular weight excluding hydrogens is 330 g/mol. The third-order valence-electron chi connectivity index (χ3n) is 3.42. The van der Waals surface area contributed by atoms with Gasteiger partial charge in [0.1, 0.15) is 6.04 Å². The molecule has 0 aliphatic rings. The van der Waals surface area contributed by atoms with Gasteiger partial charge in [0, 0.05) is 5.02 Å². The van der Waals surface area contributed by atoms with Gasteiger partial charge in [-0.3, -0.25) is 9.59 Å². The van der Waals surface area contributed by atoms with Gasteiger partial charge in [0.05, 0.1) is 12.7 Å². The Morgan fingerprint density at radius 2 is 2.04 bits per heavy atom. The summed E-state index contributed by atoms with van der Waals surface area (Å²) in [5.74, 6) is -0.830. The quantitative estimate of drug-likeness (QED) is 0.792. The lowest BCUT2D eigenvalue weighted by Crippen LogP contribution is -2.45. The lowest BCUT2D eigenvalue weighted by Gasteiger charge is -2.16. The molecule has 0 saturated carbocycles. The normalized spacial score (nSPS) is 12.2. The standard InChI is InChI=1S/C16H20ClN5O2/c1-10(2)7-13(15(18)23)19-16(24)14-9-22(21-20-14)8-11-5-3-4-6-12(11)17/h3-6,9-10,13H,7-8H2,1-2H3,(H2,18,23)(H,19,24)/t13-/m1/s1. The van der Waals surface area contributed by atoms with Crippen LogP contribution in [0.4, 0.5) is 0 Å². The van der Waals surface area contributed by atoms with Crippen molar-refractivity contribution in [3.8, 4) is 0 Å². The van der Waals surface area contributed by atoms with Crippen molar-refractivity contribution in [2.75, 3.05) is 0 Å². The van der Waals surface area contributed by atoms with E-state index >= 15 is 0 Å². The zero-order valence-corrected chi connectivity index (χ0v) is 14.3. The van der Waals surface area contributed by atoms with Gasteiger partial charge < -0.3 is 11.1 Å². The summed E-state index contributed by atoms with van der Waals surface area (Å²) in [5, 5.41) is 11.0. The molecule has 1 aromatic heterocycles. The number of nitrogens with one attached hydrogen (secondary N) is 1. The lowest BCUT2D eigenvalue weighted by atomic mass is 10.0. The smallest absolute Gasteiger partial charge is 0.274 e. The highest BCUT2D eigenvalue weighted by molar-refractivity contribution is 6.31. The SMILES string of the molecule is CC(C)C[C@@H](NC(=O)c1cn(Cc2ccccc2Cl)nn1)C(N)=O. The van der Waals surface area contributed by atoms with Crippen molar-refractivity contribution < 1.29 is 9.59 Å². The number of carbonyl (C=O) groups excluding carboxylic acids is 2. The summed E-state index contributed by atoms with van der Waals surface area (Å²) in [6.07, 6.45) is 1.97. The molecule has 7 nitrogen and oxygen atoms in total. The average Bonchev–Trinajstić information content (AvgIpc) is 2.97. The van der Waals surface area contributed by atoms with Crippen LogP contribution in [-0.4, -0.2) is 32.9 Å². The fourth-order valence-electron chi connectivity index (χ4n) is 2.23. The molecule has 0 saturated heterocycles. The Kier molecular flexibility index (Phi) is 5.92. The third kappa shape index (κ3) is 4.79. The maximum atomic E-state index is 12.2. The Morgan fingerprint density at radius 3 is 2.67 bits per heavy atom. The predicted octanol–water partition coefficient (Wildman–Crippen LogP) is 1.61. The summed E-state index contributed by atoms with van der Waals surface area (Å²) in [6.45, 7) is 4.29. The number of hydrogen-bond acceptors (Lipinski definition) is 4. The van der Waals surface area contributed by atoms with Gasteiger partial charge in [0.25, 0.3) is 5.91 Å². The number of nitrogens with two attached hydrogens (primary N) is 1. The molecule has 3 N–H and O–H groups in total. The van der Waals surface area contributed by atoms with E-state index in [-0.39, 0.29) is 11.6 Å². The van der Waals surface area contributed by atoms with Gasteiger partial charge in [-0.05, 0) is 24.0 Å². The van der Waals surface area contributed by atoms with Gasteiger partial charge in [-0.2, -0.15) is 0 Å². The summed E-state index contributed by atoms with van der Waals surface area (Å²) in [5.41, 5.74) is 6.31. The number of carbonyl (C=O) groups is 2. The number of halogens is 1. The molecule has 0 bridgehead atoms. The first-order valence-corrected chi connectivity index (χ1v) is 7.98. The van der Waals surface area contributed by atoms with Gasteiger partial charge in [-0.15, -0.1) is 5.10 Å². The second-order valence-electron chi connectivity index (χ2n) is 5.95. The van der Waals surface area contributed by atoms with E-state index in [1.807, 2.05) is 32.0 Å². The van der Waals surface area contributed by atoms with Gasteiger partial charge in [-0.25, -0.2) is 4.68 Å². The van der Waals surface area contributed by atoms with Gasteiger partial charge in [0.15, 0.2) is 5.69 Å². The molecule has 0 aliphatic carbocycles. The fraction of sp³-hybridized carbons (Fsp3) is 0.375. The second-order valence-corrected chi connectivity index (χ2v) is 6.36. The monoisotopic (exact) mass is 349 g/mol. The lowest BCUT2D eigenvalue weighted by molar-refractivity contribution is -0.120. The molecule has 24 heavy (non-hydrogen) atoms. The third-order valence-corrected chi connectivity index (χ3v) is 3.79. The van der Waals surface area contributed by atoms with Crippen molar-refractivity contribution in [1.82, 2.24) is 20.3 Å². The second kappa shape index (κ2) is 7.92. The number of hydrogen-bond donors (Lipinski definition) is 2. The van der Waals surface area contributed by atoms with Crippen LogP contribution in [0.3, 0.4) is 0 Å². The molecule has 0 radical (unpaired) electrons. The number of rotatable bonds is 7. The highest BCUT2D eigenvalue weighted by Gasteiger charge is 2.21. The summed E-state index contributed by atoms with van der Waals surface area (Å²) >= 11 is 6.10. The first-order valence-electron chi connectivity index (χ1n) is 7.60. The molecule has 0 spiro atoms. The number of nitrogens with zero attached hydrogens (tertiary/aromatic N) is 3. The Labute approximate surface area is 145 Å². The summed E-state index contributed by atoms with van der Waals surface area (Å²) < 4.78 is 1.51. The first-order chi connectivity index (χ1) is 11.4. The summed E-state index contributed by atoms with van der Waals surface area (Å²) in [4.78, 5) is 23.7. The van der Waals surface area contributed by atoms with Crippen LogP contribution in [0.25, 0.3) is 0 Å². The minimum absolute atomic E-state index is 0.122. The van der Waals surface area contributed by atoms with Crippen LogP contribution in [0.15, 0.2) is 30.5 Å². The molecule has 128 valence electrons. The molecule has 2 amide bonds. The van der Waals surface area contributed by atoms with Crippen LogP contribution in [0.1, 0.15) is 36.3 Å². The van der Waals surface area contributed by atoms with Crippen molar-refractivity contribution in [3.63, 3.8) is 0 Å². The van der Waals surface area contributed by atoms with Crippen molar-refractivity contribution in [2.45, 2.75) is 32.9 Å². The largest absolute Gasteiger partial charge is 0.368 e. The summed E-state index contributed by atoms with van der Waals surface area (Å²) in [7, 11) is 0. The average molecular weight is 350 g/mol. The van der Waals surface area contributed by atoms with Crippen molar-refractivity contribution in [2.24, 2.45) is 11.7 Å². The topological polar surface area (TPSA) is 103 Å². The minimum Gasteiger partial charge on any atom is -0.368 e. The maximum Gasteiger partial charge on any atom is 0.274 e.